The van der Waals surface area contributed by atoms with Crippen molar-refractivity contribution in [3.63, 3.8) is 0 Å². The van der Waals surface area contributed by atoms with E-state index in [0.29, 0.717) is 13.0 Å². The van der Waals surface area contributed by atoms with E-state index in [-0.39, 0.29) is 17.8 Å². The van der Waals surface area contributed by atoms with E-state index in [1.807, 2.05) is 0 Å². The van der Waals surface area contributed by atoms with Crippen molar-refractivity contribution in [2.24, 2.45) is 0 Å². The first kappa shape index (κ1) is 15.0. The van der Waals surface area contributed by atoms with E-state index in [2.05, 4.69) is 5.32 Å². The number of halogens is 1. The van der Waals surface area contributed by atoms with Gasteiger partial charge in [-0.1, -0.05) is 12.1 Å². The molecule has 3 nitrogen and oxygen atoms in total. The SMILES string of the molecule is O=C(CCCCc1ccc(F)cc1)NCC1CCCO1. The number of hydrogen-bond donors (Lipinski definition) is 1. The molecule has 1 unspecified atom stereocenters. The van der Waals surface area contributed by atoms with E-state index in [4.69, 9.17) is 4.74 Å². The highest BCUT2D eigenvalue weighted by atomic mass is 19.1. The maximum absolute atomic E-state index is 12.7. The molecule has 0 saturated carbocycles. The Morgan fingerprint density at radius 1 is 1.30 bits per heavy atom. The lowest BCUT2D eigenvalue weighted by atomic mass is 10.1. The molecule has 1 heterocycles. The van der Waals surface area contributed by atoms with Crippen molar-refractivity contribution < 1.29 is 13.9 Å². The molecule has 2 rings (SSSR count). The number of rotatable bonds is 7. The average Bonchev–Trinajstić information content (AvgIpc) is 2.96. The quantitative estimate of drug-likeness (QED) is 0.779. The van der Waals surface area contributed by atoms with Crippen molar-refractivity contribution in [1.82, 2.24) is 5.32 Å². The molecular formula is C16H22FNO2. The molecule has 4 heteroatoms. The van der Waals surface area contributed by atoms with Gasteiger partial charge in [0.05, 0.1) is 6.10 Å². The van der Waals surface area contributed by atoms with E-state index < -0.39 is 0 Å². The molecular weight excluding hydrogens is 257 g/mol. The molecule has 1 aliphatic rings. The minimum absolute atomic E-state index is 0.0969. The molecule has 0 bridgehead atoms. The summed E-state index contributed by atoms with van der Waals surface area (Å²) in [6.45, 7) is 1.45. The van der Waals surface area contributed by atoms with Crippen molar-refractivity contribution in [2.45, 2.75) is 44.6 Å². The third-order valence-electron chi connectivity index (χ3n) is 3.58. The number of carbonyl (C=O) groups excluding carboxylic acids is 1. The van der Waals surface area contributed by atoms with Gasteiger partial charge in [0.2, 0.25) is 5.91 Å². The topological polar surface area (TPSA) is 38.3 Å². The molecule has 0 spiro atoms. The van der Waals surface area contributed by atoms with Gasteiger partial charge in [0.25, 0.3) is 0 Å². The lowest BCUT2D eigenvalue weighted by molar-refractivity contribution is -0.121. The second kappa shape index (κ2) is 8.00. The van der Waals surface area contributed by atoms with Crippen molar-refractivity contribution in [3.8, 4) is 0 Å². The molecule has 110 valence electrons. The molecule has 1 atom stereocenters. The Bertz CT molecular complexity index is 413. The molecule has 1 N–H and O–H groups in total. The predicted molar refractivity (Wildman–Crippen MR) is 75.9 cm³/mol. The standard InChI is InChI=1S/C16H22FNO2/c17-14-9-7-13(8-10-14)4-1-2-6-16(19)18-12-15-5-3-11-20-15/h7-10,15H,1-6,11-12H2,(H,18,19). The monoisotopic (exact) mass is 279 g/mol. The molecule has 0 aliphatic carbocycles. The van der Waals surface area contributed by atoms with Gasteiger partial charge in [-0.05, 0) is 49.8 Å². The summed E-state index contributed by atoms with van der Waals surface area (Å²) in [5.74, 6) is -0.109. The van der Waals surface area contributed by atoms with Crippen molar-refractivity contribution >= 4 is 5.91 Å². The summed E-state index contributed by atoms with van der Waals surface area (Å²) < 4.78 is 18.2. The molecule has 1 aromatic rings. The van der Waals surface area contributed by atoms with Crippen molar-refractivity contribution in [2.75, 3.05) is 13.2 Å². The van der Waals surface area contributed by atoms with Gasteiger partial charge in [-0.25, -0.2) is 4.39 Å². The summed E-state index contributed by atoms with van der Waals surface area (Å²) in [4.78, 5) is 11.6. The van der Waals surface area contributed by atoms with Gasteiger partial charge in [-0.2, -0.15) is 0 Å². The number of nitrogens with one attached hydrogen (secondary N) is 1. The number of hydrogen-bond acceptors (Lipinski definition) is 2. The second-order valence-corrected chi connectivity index (χ2v) is 5.27. The Labute approximate surface area is 119 Å². The van der Waals surface area contributed by atoms with E-state index in [9.17, 15) is 9.18 Å². The normalized spacial score (nSPS) is 18.1. The zero-order valence-electron chi connectivity index (χ0n) is 11.7. The highest BCUT2D eigenvalue weighted by Gasteiger charge is 2.15. The third kappa shape index (κ3) is 5.29. The van der Waals surface area contributed by atoms with Crippen LogP contribution < -0.4 is 5.32 Å². The first-order chi connectivity index (χ1) is 9.74. The molecule has 20 heavy (non-hydrogen) atoms. The molecule has 1 aliphatic heterocycles. The van der Waals surface area contributed by atoms with Crippen LogP contribution in [0.5, 0.6) is 0 Å². The van der Waals surface area contributed by atoms with Crippen LogP contribution in [0.4, 0.5) is 4.39 Å². The Morgan fingerprint density at radius 3 is 2.80 bits per heavy atom. The van der Waals surface area contributed by atoms with Crippen LogP contribution in [0, 0.1) is 5.82 Å². The van der Waals surface area contributed by atoms with Crippen LogP contribution >= 0.6 is 0 Å². The number of benzene rings is 1. The van der Waals surface area contributed by atoms with Crippen LogP contribution in [0.2, 0.25) is 0 Å². The van der Waals surface area contributed by atoms with E-state index in [1.54, 1.807) is 12.1 Å². The van der Waals surface area contributed by atoms with Gasteiger partial charge in [0, 0.05) is 19.6 Å². The summed E-state index contributed by atoms with van der Waals surface area (Å²) in [5, 5.41) is 2.92. The number of carbonyl (C=O) groups is 1. The summed E-state index contributed by atoms with van der Waals surface area (Å²) in [6, 6.07) is 6.55. The Morgan fingerprint density at radius 2 is 2.10 bits per heavy atom. The smallest absolute Gasteiger partial charge is 0.220 e. The second-order valence-electron chi connectivity index (χ2n) is 5.27. The van der Waals surface area contributed by atoms with Crippen LogP contribution in [-0.2, 0) is 16.0 Å². The van der Waals surface area contributed by atoms with E-state index >= 15 is 0 Å². The highest BCUT2D eigenvalue weighted by molar-refractivity contribution is 5.75. The molecule has 1 aromatic carbocycles. The van der Waals surface area contributed by atoms with Crippen LogP contribution in [0.3, 0.4) is 0 Å². The zero-order valence-corrected chi connectivity index (χ0v) is 11.7. The predicted octanol–water partition coefficient (Wildman–Crippen LogP) is 2.83. The lowest BCUT2D eigenvalue weighted by Crippen LogP contribution is -2.31. The first-order valence-corrected chi connectivity index (χ1v) is 7.37. The lowest BCUT2D eigenvalue weighted by Gasteiger charge is -2.10. The van der Waals surface area contributed by atoms with Crippen molar-refractivity contribution in [1.29, 1.82) is 0 Å². The molecule has 0 aromatic heterocycles. The fourth-order valence-electron chi connectivity index (χ4n) is 2.39. The molecule has 1 amide bonds. The largest absolute Gasteiger partial charge is 0.376 e. The number of unbranched alkanes of at least 4 members (excludes halogenated alkanes) is 1. The molecule has 1 fully saturated rings. The number of amides is 1. The summed E-state index contributed by atoms with van der Waals surface area (Å²) in [5.41, 5.74) is 1.12. The maximum atomic E-state index is 12.7. The summed E-state index contributed by atoms with van der Waals surface area (Å²) in [6.07, 6.45) is 5.59. The van der Waals surface area contributed by atoms with Gasteiger partial charge < -0.3 is 10.1 Å². The van der Waals surface area contributed by atoms with Crippen molar-refractivity contribution in [3.05, 3.63) is 35.6 Å². The average molecular weight is 279 g/mol. The highest BCUT2D eigenvalue weighted by Crippen LogP contribution is 2.11. The van der Waals surface area contributed by atoms with Gasteiger partial charge in [0.15, 0.2) is 0 Å². The van der Waals surface area contributed by atoms with Gasteiger partial charge in [-0.3, -0.25) is 4.79 Å². The third-order valence-corrected chi connectivity index (χ3v) is 3.58. The first-order valence-electron chi connectivity index (χ1n) is 7.37. The van der Waals surface area contributed by atoms with Crippen LogP contribution in [0.15, 0.2) is 24.3 Å². The van der Waals surface area contributed by atoms with E-state index in [1.165, 1.54) is 12.1 Å². The molecule has 1 saturated heterocycles. The zero-order chi connectivity index (χ0) is 14.2. The minimum Gasteiger partial charge on any atom is -0.376 e. The Kier molecular flexibility index (Phi) is 5.99. The van der Waals surface area contributed by atoms with Gasteiger partial charge in [0.1, 0.15) is 5.82 Å². The minimum atomic E-state index is -0.206. The van der Waals surface area contributed by atoms with Crippen LogP contribution in [0.25, 0.3) is 0 Å². The maximum Gasteiger partial charge on any atom is 0.220 e. The van der Waals surface area contributed by atoms with E-state index in [0.717, 1.165) is 44.3 Å². The van der Waals surface area contributed by atoms with Gasteiger partial charge in [-0.15, -0.1) is 0 Å². The Balaban J connectivity index is 1.53. The fourth-order valence-corrected chi connectivity index (χ4v) is 2.39. The Hall–Kier alpha value is -1.42. The summed E-state index contributed by atoms with van der Waals surface area (Å²) in [7, 11) is 0. The van der Waals surface area contributed by atoms with Gasteiger partial charge >= 0.3 is 0 Å². The number of aryl methyl sites for hydroxylation is 1. The molecule has 0 radical (unpaired) electrons. The summed E-state index contributed by atoms with van der Waals surface area (Å²) >= 11 is 0. The fraction of sp³-hybridized carbons (Fsp3) is 0.562. The number of ether oxygens (including phenoxy) is 1. The van der Waals surface area contributed by atoms with Crippen LogP contribution in [-0.4, -0.2) is 25.2 Å². The van der Waals surface area contributed by atoms with Crippen LogP contribution in [0.1, 0.15) is 37.7 Å².